The lowest BCUT2D eigenvalue weighted by molar-refractivity contribution is -0.141. The first-order chi connectivity index (χ1) is 8.37. The highest BCUT2D eigenvalue weighted by atomic mass is 32.1. The Balaban J connectivity index is 2.45. The van der Waals surface area contributed by atoms with E-state index >= 15 is 0 Å². The SMILES string of the molecule is O=c1[nH]c(=S)ccn1[C@@H]1O[C@H](CO)[C@@H](O)C1(F)F. The van der Waals surface area contributed by atoms with Crippen LogP contribution in [0, 0.1) is 4.64 Å². The Hall–Kier alpha value is -1.16. The average Bonchev–Trinajstić information content (AvgIpc) is 2.52. The van der Waals surface area contributed by atoms with Crippen LogP contribution < -0.4 is 5.69 Å². The fourth-order valence-electron chi connectivity index (χ4n) is 1.73. The maximum Gasteiger partial charge on any atom is 0.328 e. The largest absolute Gasteiger partial charge is 0.394 e. The molecule has 6 nitrogen and oxygen atoms in total. The number of aromatic amines is 1. The Morgan fingerprint density at radius 2 is 2.28 bits per heavy atom. The Bertz CT molecular complexity index is 558. The average molecular weight is 280 g/mol. The van der Waals surface area contributed by atoms with E-state index in [1.165, 1.54) is 6.07 Å². The Morgan fingerprint density at radius 1 is 1.61 bits per heavy atom. The summed E-state index contributed by atoms with van der Waals surface area (Å²) >= 11 is 4.67. The van der Waals surface area contributed by atoms with Crippen molar-refractivity contribution in [3.8, 4) is 0 Å². The van der Waals surface area contributed by atoms with Crippen LogP contribution in [0.25, 0.3) is 0 Å². The fraction of sp³-hybridized carbons (Fsp3) is 0.556. The second-order valence-electron chi connectivity index (χ2n) is 3.85. The van der Waals surface area contributed by atoms with Gasteiger partial charge in [-0.25, -0.2) is 4.79 Å². The van der Waals surface area contributed by atoms with Gasteiger partial charge in [0.15, 0.2) is 6.10 Å². The summed E-state index contributed by atoms with van der Waals surface area (Å²) in [5.41, 5.74) is -0.877. The molecule has 2 heterocycles. The fourth-order valence-corrected chi connectivity index (χ4v) is 1.88. The molecule has 0 bridgehead atoms. The summed E-state index contributed by atoms with van der Waals surface area (Å²) < 4.78 is 32.9. The Kier molecular flexibility index (Phi) is 3.32. The monoisotopic (exact) mass is 280 g/mol. The van der Waals surface area contributed by atoms with Crippen molar-refractivity contribution in [2.24, 2.45) is 0 Å². The van der Waals surface area contributed by atoms with Crippen LogP contribution in [0.4, 0.5) is 8.78 Å². The van der Waals surface area contributed by atoms with Crippen molar-refractivity contribution in [3.63, 3.8) is 0 Å². The van der Waals surface area contributed by atoms with Gasteiger partial charge in [-0.2, -0.15) is 8.78 Å². The number of hydrogen-bond donors (Lipinski definition) is 3. The molecule has 3 N–H and O–H groups in total. The third-order valence-corrected chi connectivity index (χ3v) is 2.90. The van der Waals surface area contributed by atoms with E-state index in [0.29, 0.717) is 4.57 Å². The molecule has 0 aliphatic carbocycles. The summed E-state index contributed by atoms with van der Waals surface area (Å²) in [6.07, 6.45) is -4.56. The van der Waals surface area contributed by atoms with Crippen LogP contribution in [0.15, 0.2) is 17.1 Å². The molecule has 1 aliphatic rings. The van der Waals surface area contributed by atoms with Crippen molar-refractivity contribution in [1.82, 2.24) is 9.55 Å². The third kappa shape index (κ3) is 1.99. The summed E-state index contributed by atoms with van der Waals surface area (Å²) in [5.74, 6) is -3.69. The molecule has 1 fully saturated rings. The molecular weight excluding hydrogens is 270 g/mol. The molecule has 18 heavy (non-hydrogen) atoms. The predicted molar refractivity (Wildman–Crippen MR) is 57.8 cm³/mol. The van der Waals surface area contributed by atoms with Crippen molar-refractivity contribution >= 4 is 12.2 Å². The second kappa shape index (κ2) is 4.50. The third-order valence-electron chi connectivity index (χ3n) is 2.66. The number of nitrogens with zero attached hydrogens (tertiary/aromatic N) is 1. The number of nitrogens with one attached hydrogen (secondary N) is 1. The lowest BCUT2D eigenvalue weighted by Crippen LogP contribution is -2.41. The van der Waals surface area contributed by atoms with Gasteiger partial charge in [0.05, 0.1) is 6.61 Å². The molecule has 100 valence electrons. The zero-order valence-electron chi connectivity index (χ0n) is 8.92. The maximum absolute atomic E-state index is 13.7. The van der Waals surface area contributed by atoms with Gasteiger partial charge in [-0.1, -0.05) is 12.2 Å². The summed E-state index contributed by atoms with van der Waals surface area (Å²) in [6.45, 7) is -0.773. The minimum atomic E-state index is -3.69. The van der Waals surface area contributed by atoms with Gasteiger partial charge in [0.1, 0.15) is 10.7 Å². The molecular formula is C9H10F2N2O4S. The van der Waals surface area contributed by atoms with Crippen LogP contribution in [-0.4, -0.2) is 44.5 Å². The molecule has 1 aliphatic heterocycles. The van der Waals surface area contributed by atoms with E-state index in [1.807, 2.05) is 0 Å². The van der Waals surface area contributed by atoms with Gasteiger partial charge in [0, 0.05) is 6.20 Å². The number of aromatic nitrogens is 2. The normalized spacial score (nSPS) is 30.6. The number of aliphatic hydroxyl groups excluding tert-OH is 2. The molecule has 1 saturated heterocycles. The lowest BCUT2D eigenvalue weighted by atomic mass is 10.1. The molecule has 1 aromatic heterocycles. The van der Waals surface area contributed by atoms with Crippen molar-refractivity contribution in [1.29, 1.82) is 0 Å². The summed E-state index contributed by atoms with van der Waals surface area (Å²) in [5, 5.41) is 18.1. The molecule has 0 saturated carbocycles. The number of ether oxygens (including phenoxy) is 1. The molecule has 3 atom stereocenters. The molecule has 1 aromatic rings. The van der Waals surface area contributed by atoms with Crippen LogP contribution in [0.3, 0.4) is 0 Å². The zero-order chi connectivity index (χ0) is 13.5. The van der Waals surface area contributed by atoms with Gasteiger partial charge < -0.3 is 14.9 Å². The molecule has 0 aromatic carbocycles. The topological polar surface area (TPSA) is 87.5 Å². The minimum Gasteiger partial charge on any atom is -0.394 e. The van der Waals surface area contributed by atoms with Crippen LogP contribution in [0.1, 0.15) is 6.23 Å². The van der Waals surface area contributed by atoms with Gasteiger partial charge >= 0.3 is 11.6 Å². The van der Waals surface area contributed by atoms with E-state index in [1.54, 1.807) is 0 Å². The Morgan fingerprint density at radius 3 is 2.78 bits per heavy atom. The van der Waals surface area contributed by atoms with Gasteiger partial charge in [0.2, 0.25) is 6.23 Å². The number of hydrogen-bond acceptors (Lipinski definition) is 5. The highest BCUT2D eigenvalue weighted by Gasteiger charge is 2.59. The summed E-state index contributed by atoms with van der Waals surface area (Å²) in [6, 6.07) is 1.24. The molecule has 0 unspecified atom stereocenters. The van der Waals surface area contributed by atoms with Crippen LogP contribution in [-0.2, 0) is 4.74 Å². The standard InChI is InChI=1S/C9H10F2N2O4S/c10-9(11)6(15)4(3-14)17-7(9)13-2-1-5(18)12-8(13)16/h1-2,4,6-7,14-15H,3H2,(H,12,16,18)/t4-,6-,7-/m1/s1. The Labute approximate surface area is 104 Å². The van der Waals surface area contributed by atoms with Gasteiger partial charge in [-0.3, -0.25) is 9.55 Å². The summed E-state index contributed by atoms with van der Waals surface area (Å²) in [4.78, 5) is 13.7. The highest BCUT2D eigenvalue weighted by Crippen LogP contribution is 2.41. The van der Waals surface area contributed by atoms with E-state index < -0.39 is 36.7 Å². The van der Waals surface area contributed by atoms with Crippen molar-refractivity contribution in [2.75, 3.05) is 6.61 Å². The van der Waals surface area contributed by atoms with Gasteiger partial charge in [0.25, 0.3) is 0 Å². The van der Waals surface area contributed by atoms with Crippen molar-refractivity contribution in [3.05, 3.63) is 27.4 Å². The number of H-pyrrole nitrogens is 1. The molecule has 0 amide bonds. The van der Waals surface area contributed by atoms with Crippen molar-refractivity contribution in [2.45, 2.75) is 24.4 Å². The highest BCUT2D eigenvalue weighted by molar-refractivity contribution is 7.71. The molecule has 0 radical (unpaired) electrons. The van der Waals surface area contributed by atoms with Crippen LogP contribution in [0.2, 0.25) is 0 Å². The number of halogens is 2. The van der Waals surface area contributed by atoms with E-state index in [0.717, 1.165) is 6.20 Å². The van der Waals surface area contributed by atoms with Crippen LogP contribution in [0.5, 0.6) is 0 Å². The lowest BCUT2D eigenvalue weighted by Gasteiger charge is -2.20. The number of alkyl halides is 2. The predicted octanol–water partition coefficient (Wildman–Crippen LogP) is -0.208. The first kappa shape index (κ1) is 13.3. The van der Waals surface area contributed by atoms with E-state index in [-0.39, 0.29) is 4.64 Å². The first-order valence-electron chi connectivity index (χ1n) is 5.01. The quantitative estimate of drug-likeness (QED) is 0.653. The number of rotatable bonds is 2. The molecule has 0 spiro atoms. The van der Waals surface area contributed by atoms with E-state index in [2.05, 4.69) is 17.2 Å². The minimum absolute atomic E-state index is 0.0943. The summed E-state index contributed by atoms with van der Waals surface area (Å²) in [7, 11) is 0. The zero-order valence-corrected chi connectivity index (χ0v) is 9.73. The van der Waals surface area contributed by atoms with Crippen LogP contribution >= 0.6 is 12.2 Å². The van der Waals surface area contributed by atoms with E-state index in [4.69, 9.17) is 9.84 Å². The molecule has 2 rings (SSSR count). The second-order valence-corrected chi connectivity index (χ2v) is 4.29. The maximum atomic E-state index is 13.7. The molecule has 9 heteroatoms. The smallest absolute Gasteiger partial charge is 0.328 e. The van der Waals surface area contributed by atoms with Gasteiger partial charge in [-0.05, 0) is 6.07 Å². The van der Waals surface area contributed by atoms with Crippen molar-refractivity contribution < 1.29 is 23.7 Å². The van der Waals surface area contributed by atoms with E-state index in [9.17, 15) is 18.7 Å². The van der Waals surface area contributed by atoms with Gasteiger partial charge in [-0.15, -0.1) is 0 Å². The first-order valence-corrected chi connectivity index (χ1v) is 5.42. The number of aliphatic hydroxyl groups is 2.